The normalized spacial score (nSPS) is 10.5. The van der Waals surface area contributed by atoms with Gasteiger partial charge in [0.15, 0.2) is 5.78 Å². The van der Waals surface area contributed by atoms with Crippen molar-refractivity contribution in [2.75, 3.05) is 5.75 Å². The fourth-order valence-electron chi connectivity index (χ4n) is 1.43. The summed E-state index contributed by atoms with van der Waals surface area (Å²) in [7, 11) is 1.71. The van der Waals surface area contributed by atoms with E-state index < -0.39 is 0 Å². The predicted octanol–water partition coefficient (Wildman–Crippen LogP) is 2.53. The fraction of sp³-hybridized carbons (Fsp3) is 0.167. The molecule has 1 aromatic heterocycles. The van der Waals surface area contributed by atoms with Gasteiger partial charge < -0.3 is 0 Å². The van der Waals surface area contributed by atoms with Gasteiger partial charge in [-0.15, -0.1) is 11.8 Å². The van der Waals surface area contributed by atoms with Gasteiger partial charge in [0.05, 0.1) is 5.75 Å². The first-order chi connectivity index (χ1) is 8.18. The molecule has 0 amide bonds. The van der Waals surface area contributed by atoms with Crippen molar-refractivity contribution < 1.29 is 9.18 Å². The summed E-state index contributed by atoms with van der Waals surface area (Å²) in [5.41, 5.74) is 0.536. The Balaban J connectivity index is 2.02. The molecule has 0 radical (unpaired) electrons. The molecule has 1 heterocycles. The van der Waals surface area contributed by atoms with E-state index in [-0.39, 0.29) is 17.4 Å². The Morgan fingerprint density at radius 1 is 1.41 bits per heavy atom. The number of carbonyl (C=O) groups excluding carboxylic acids is 1. The monoisotopic (exact) mass is 250 g/mol. The highest BCUT2D eigenvalue weighted by atomic mass is 32.2. The van der Waals surface area contributed by atoms with Crippen molar-refractivity contribution >= 4 is 17.5 Å². The lowest BCUT2D eigenvalue weighted by molar-refractivity contribution is 0.101. The van der Waals surface area contributed by atoms with Gasteiger partial charge in [0, 0.05) is 18.1 Å². The summed E-state index contributed by atoms with van der Waals surface area (Å²) in [4.78, 5) is 12.3. The number of aryl methyl sites for hydroxylation is 1. The summed E-state index contributed by atoms with van der Waals surface area (Å²) in [6.07, 6.45) is 1.57. The van der Waals surface area contributed by atoms with Crippen LogP contribution in [0.5, 0.6) is 0 Å². The molecule has 3 nitrogen and oxygen atoms in total. The van der Waals surface area contributed by atoms with Crippen LogP contribution in [0.4, 0.5) is 4.39 Å². The lowest BCUT2D eigenvalue weighted by Crippen LogP contribution is -2.09. The third-order valence-corrected chi connectivity index (χ3v) is 3.35. The molecule has 0 saturated carbocycles. The second-order valence-corrected chi connectivity index (χ2v) is 4.50. The Kier molecular flexibility index (Phi) is 3.58. The highest BCUT2D eigenvalue weighted by molar-refractivity contribution is 8.00. The minimum absolute atomic E-state index is 0.0572. The maximum atomic E-state index is 13.3. The minimum atomic E-state index is -0.296. The number of nitrogens with zero attached hydrogens (tertiary/aromatic N) is 2. The van der Waals surface area contributed by atoms with Crippen molar-refractivity contribution in [3.05, 3.63) is 48.0 Å². The zero-order valence-corrected chi connectivity index (χ0v) is 10.1. The van der Waals surface area contributed by atoms with Gasteiger partial charge in [0.25, 0.3) is 0 Å². The van der Waals surface area contributed by atoms with Gasteiger partial charge in [-0.3, -0.25) is 9.48 Å². The van der Waals surface area contributed by atoms with Crippen LogP contribution in [-0.2, 0) is 7.05 Å². The Bertz CT molecular complexity index is 539. The van der Waals surface area contributed by atoms with E-state index in [2.05, 4.69) is 5.10 Å². The minimum Gasteiger partial charge on any atom is -0.292 e. The Morgan fingerprint density at radius 2 is 2.18 bits per heavy atom. The summed E-state index contributed by atoms with van der Waals surface area (Å²) < 4.78 is 14.8. The number of halogens is 1. The quantitative estimate of drug-likeness (QED) is 0.618. The second kappa shape index (κ2) is 5.14. The number of hydrogen-bond acceptors (Lipinski definition) is 3. The van der Waals surface area contributed by atoms with Crippen LogP contribution in [0.15, 0.2) is 41.4 Å². The van der Waals surface area contributed by atoms with Crippen molar-refractivity contribution in [1.29, 1.82) is 0 Å². The first-order valence-electron chi connectivity index (χ1n) is 5.07. The Hall–Kier alpha value is -1.62. The van der Waals surface area contributed by atoms with Gasteiger partial charge >= 0.3 is 0 Å². The van der Waals surface area contributed by atoms with Gasteiger partial charge in [-0.1, -0.05) is 12.1 Å². The van der Waals surface area contributed by atoms with E-state index in [1.54, 1.807) is 37.5 Å². The molecule has 0 unspecified atom stereocenters. The van der Waals surface area contributed by atoms with Crippen molar-refractivity contribution in [3.8, 4) is 0 Å². The molecule has 0 aliphatic carbocycles. The van der Waals surface area contributed by atoms with E-state index in [1.165, 1.54) is 22.5 Å². The van der Waals surface area contributed by atoms with Crippen LogP contribution in [0.1, 0.15) is 10.5 Å². The zero-order chi connectivity index (χ0) is 12.3. The third-order valence-electron chi connectivity index (χ3n) is 2.30. The number of hydrogen-bond donors (Lipinski definition) is 0. The topological polar surface area (TPSA) is 34.9 Å². The number of ketones is 1. The first kappa shape index (κ1) is 11.9. The fourth-order valence-corrected chi connectivity index (χ4v) is 2.24. The Morgan fingerprint density at radius 3 is 2.82 bits per heavy atom. The summed E-state index contributed by atoms with van der Waals surface area (Å²) >= 11 is 1.20. The molecular formula is C12H11FN2OS. The van der Waals surface area contributed by atoms with Gasteiger partial charge in [-0.25, -0.2) is 4.39 Å². The molecule has 0 fully saturated rings. The van der Waals surface area contributed by atoms with Crippen LogP contribution in [0, 0.1) is 5.82 Å². The largest absolute Gasteiger partial charge is 0.292 e. The molecule has 0 spiro atoms. The van der Waals surface area contributed by atoms with Gasteiger partial charge in [-0.2, -0.15) is 5.10 Å². The summed E-state index contributed by atoms with van der Waals surface area (Å²) in [6.45, 7) is 0. The molecule has 2 aromatic rings. The van der Waals surface area contributed by atoms with Crippen molar-refractivity contribution in [2.45, 2.75) is 4.90 Å². The number of benzene rings is 1. The lowest BCUT2D eigenvalue weighted by atomic mass is 10.3. The number of rotatable bonds is 4. The number of carbonyl (C=O) groups is 1. The van der Waals surface area contributed by atoms with E-state index in [1.807, 2.05) is 0 Å². The van der Waals surface area contributed by atoms with Crippen LogP contribution in [0.3, 0.4) is 0 Å². The molecule has 0 bridgehead atoms. The highest BCUT2D eigenvalue weighted by Gasteiger charge is 2.11. The summed E-state index contributed by atoms with van der Waals surface area (Å²) in [5, 5.41) is 3.92. The summed E-state index contributed by atoms with van der Waals surface area (Å²) in [5.74, 6) is -0.144. The van der Waals surface area contributed by atoms with Crippen molar-refractivity contribution in [3.63, 3.8) is 0 Å². The average molecular weight is 250 g/mol. The summed E-state index contributed by atoms with van der Waals surface area (Å²) in [6, 6.07) is 8.08. The molecule has 17 heavy (non-hydrogen) atoms. The van der Waals surface area contributed by atoms with Crippen LogP contribution in [-0.4, -0.2) is 21.3 Å². The molecule has 0 saturated heterocycles. The SMILES string of the molecule is Cn1nccc1C(=O)CSc1ccccc1F. The predicted molar refractivity (Wildman–Crippen MR) is 64.7 cm³/mol. The van der Waals surface area contributed by atoms with Crippen LogP contribution in [0.2, 0.25) is 0 Å². The van der Waals surface area contributed by atoms with Crippen LogP contribution >= 0.6 is 11.8 Å². The van der Waals surface area contributed by atoms with Gasteiger partial charge in [-0.05, 0) is 18.2 Å². The highest BCUT2D eigenvalue weighted by Crippen LogP contribution is 2.21. The van der Waals surface area contributed by atoms with Crippen molar-refractivity contribution in [2.24, 2.45) is 7.05 Å². The standard InChI is InChI=1S/C12H11FN2OS/c1-15-10(6-7-14-15)11(16)8-17-12-5-3-2-4-9(12)13/h2-7H,8H2,1H3. The van der Waals surface area contributed by atoms with E-state index in [4.69, 9.17) is 0 Å². The number of Topliss-reactive ketones (excluding diaryl/α,β-unsaturated/α-hetero) is 1. The van der Waals surface area contributed by atoms with Crippen LogP contribution in [0.25, 0.3) is 0 Å². The molecule has 1 aromatic carbocycles. The van der Waals surface area contributed by atoms with Gasteiger partial charge in [0.1, 0.15) is 11.5 Å². The van der Waals surface area contributed by atoms with Gasteiger partial charge in [0.2, 0.25) is 0 Å². The lowest BCUT2D eigenvalue weighted by Gasteiger charge is -2.02. The van der Waals surface area contributed by atoms with E-state index in [0.717, 1.165) is 0 Å². The van der Waals surface area contributed by atoms with Crippen molar-refractivity contribution in [1.82, 2.24) is 9.78 Å². The maximum absolute atomic E-state index is 13.3. The molecule has 88 valence electrons. The third kappa shape index (κ3) is 2.74. The molecule has 2 rings (SSSR count). The molecule has 5 heteroatoms. The average Bonchev–Trinajstić information content (AvgIpc) is 2.74. The zero-order valence-electron chi connectivity index (χ0n) is 9.26. The first-order valence-corrected chi connectivity index (χ1v) is 6.05. The smallest absolute Gasteiger partial charge is 0.191 e. The molecule has 0 aliphatic heterocycles. The second-order valence-electron chi connectivity index (χ2n) is 3.48. The van der Waals surface area contributed by atoms with E-state index in [9.17, 15) is 9.18 Å². The van der Waals surface area contributed by atoms with E-state index in [0.29, 0.717) is 10.6 Å². The van der Waals surface area contributed by atoms with Crippen LogP contribution < -0.4 is 0 Å². The number of thioether (sulfide) groups is 1. The molecule has 0 aliphatic rings. The number of aromatic nitrogens is 2. The van der Waals surface area contributed by atoms with E-state index >= 15 is 0 Å². The molecule has 0 N–H and O–H groups in total. The maximum Gasteiger partial charge on any atom is 0.191 e. The molecule has 0 atom stereocenters. The Labute approximate surface area is 103 Å². The molecular weight excluding hydrogens is 239 g/mol.